The van der Waals surface area contributed by atoms with Gasteiger partial charge in [-0.1, -0.05) is 12.1 Å². The number of aryl methyl sites for hydroxylation is 1. The minimum atomic E-state index is 0.890. The van der Waals surface area contributed by atoms with Crippen molar-refractivity contribution in [3.8, 4) is 0 Å². The molecular formula is C22H31N5. The van der Waals surface area contributed by atoms with Gasteiger partial charge in [-0.3, -0.25) is 4.90 Å². The molecule has 5 heteroatoms. The zero-order valence-electron chi connectivity index (χ0n) is 16.6. The van der Waals surface area contributed by atoms with Gasteiger partial charge >= 0.3 is 0 Å². The topological polar surface area (TPSA) is 34.6 Å². The summed E-state index contributed by atoms with van der Waals surface area (Å²) in [5, 5.41) is 3.37. The summed E-state index contributed by atoms with van der Waals surface area (Å²) in [5.41, 5.74) is 5.49. The molecule has 27 heavy (non-hydrogen) atoms. The largest absolute Gasteiger partial charge is 0.369 e. The van der Waals surface area contributed by atoms with E-state index < -0.39 is 0 Å². The van der Waals surface area contributed by atoms with Gasteiger partial charge in [0.05, 0.1) is 12.4 Å². The number of anilines is 3. The van der Waals surface area contributed by atoms with E-state index in [2.05, 4.69) is 63.1 Å². The van der Waals surface area contributed by atoms with Crippen LogP contribution in [-0.4, -0.2) is 55.8 Å². The smallest absolute Gasteiger partial charge is 0.150 e. The molecule has 1 saturated heterocycles. The molecule has 0 atom stereocenters. The van der Waals surface area contributed by atoms with E-state index in [1.54, 1.807) is 0 Å². The van der Waals surface area contributed by atoms with Crippen LogP contribution in [0.25, 0.3) is 0 Å². The Labute approximate surface area is 163 Å². The standard InChI is InChI=1S/C22H31N5/c1-18-7-5-8-20(19(18)2)26-15-13-25(14-16-26)11-3-4-12-27-17-24-22-21(27)9-6-10-23-22/h5-10H,3-4,11-17H2,1-2H3,(H,23,24). The quantitative estimate of drug-likeness (QED) is 0.793. The van der Waals surface area contributed by atoms with Gasteiger partial charge in [-0.05, 0) is 62.6 Å². The van der Waals surface area contributed by atoms with Gasteiger partial charge in [0, 0.05) is 44.6 Å². The first kappa shape index (κ1) is 18.1. The number of unbranched alkanes of at least 4 members (excludes halogenated alkanes) is 1. The summed E-state index contributed by atoms with van der Waals surface area (Å²) in [6.07, 6.45) is 4.34. The number of hydrogen-bond acceptors (Lipinski definition) is 5. The monoisotopic (exact) mass is 365 g/mol. The Morgan fingerprint density at radius 3 is 2.56 bits per heavy atom. The van der Waals surface area contributed by atoms with E-state index in [-0.39, 0.29) is 0 Å². The maximum atomic E-state index is 4.39. The van der Waals surface area contributed by atoms with Crippen molar-refractivity contribution in [2.45, 2.75) is 26.7 Å². The van der Waals surface area contributed by atoms with Crippen LogP contribution in [0.4, 0.5) is 17.2 Å². The molecule has 1 aromatic heterocycles. The number of rotatable bonds is 6. The lowest BCUT2D eigenvalue weighted by atomic mass is 10.1. The molecule has 1 fully saturated rings. The predicted octanol–water partition coefficient (Wildman–Crippen LogP) is 3.49. The summed E-state index contributed by atoms with van der Waals surface area (Å²) in [5.74, 6) is 1.03. The van der Waals surface area contributed by atoms with Crippen molar-refractivity contribution >= 4 is 17.2 Å². The van der Waals surface area contributed by atoms with Gasteiger partial charge in [0.1, 0.15) is 0 Å². The molecule has 3 heterocycles. The van der Waals surface area contributed by atoms with Crippen LogP contribution in [0.15, 0.2) is 36.5 Å². The first-order valence-corrected chi connectivity index (χ1v) is 10.2. The molecular weight excluding hydrogens is 334 g/mol. The van der Waals surface area contributed by atoms with Crippen LogP contribution in [0.2, 0.25) is 0 Å². The number of nitrogens with one attached hydrogen (secondary N) is 1. The zero-order valence-corrected chi connectivity index (χ0v) is 16.6. The van der Waals surface area contributed by atoms with Crippen molar-refractivity contribution in [2.75, 3.05) is 61.1 Å². The Balaban J connectivity index is 1.19. The molecule has 2 aliphatic heterocycles. The summed E-state index contributed by atoms with van der Waals surface area (Å²) in [4.78, 5) is 12.0. The summed E-state index contributed by atoms with van der Waals surface area (Å²) in [6.45, 7) is 12.3. The Hall–Kier alpha value is -2.27. The highest BCUT2D eigenvalue weighted by Gasteiger charge is 2.20. The molecule has 4 rings (SSSR count). The number of pyridine rings is 1. The SMILES string of the molecule is Cc1cccc(N2CCN(CCCCN3CNc4ncccc43)CC2)c1C. The normalized spacial score (nSPS) is 17.1. The van der Waals surface area contributed by atoms with E-state index in [4.69, 9.17) is 0 Å². The maximum Gasteiger partial charge on any atom is 0.150 e. The van der Waals surface area contributed by atoms with E-state index >= 15 is 0 Å². The van der Waals surface area contributed by atoms with Crippen molar-refractivity contribution < 1.29 is 0 Å². The highest BCUT2D eigenvalue weighted by Crippen LogP contribution is 2.28. The van der Waals surface area contributed by atoms with Gasteiger partial charge in [-0.25, -0.2) is 4.98 Å². The molecule has 0 amide bonds. The Kier molecular flexibility index (Phi) is 5.48. The van der Waals surface area contributed by atoms with Crippen LogP contribution in [-0.2, 0) is 0 Å². The summed E-state index contributed by atoms with van der Waals surface area (Å²) in [6, 6.07) is 10.8. The lowest BCUT2D eigenvalue weighted by molar-refractivity contribution is 0.253. The second kappa shape index (κ2) is 8.17. The molecule has 1 aromatic carbocycles. The summed E-state index contributed by atoms with van der Waals surface area (Å²) in [7, 11) is 0. The first-order chi connectivity index (χ1) is 13.2. The third kappa shape index (κ3) is 4.03. The van der Waals surface area contributed by atoms with Gasteiger partial charge in [0.25, 0.3) is 0 Å². The second-order valence-electron chi connectivity index (χ2n) is 7.72. The molecule has 0 unspecified atom stereocenters. The average Bonchev–Trinajstić information content (AvgIpc) is 3.11. The third-order valence-electron chi connectivity index (χ3n) is 6.01. The van der Waals surface area contributed by atoms with E-state index in [1.807, 2.05) is 12.3 Å². The fraction of sp³-hybridized carbons (Fsp3) is 0.500. The highest BCUT2D eigenvalue weighted by molar-refractivity contribution is 5.70. The molecule has 144 valence electrons. The Bertz CT molecular complexity index is 767. The van der Waals surface area contributed by atoms with E-state index in [1.165, 1.54) is 55.0 Å². The average molecular weight is 366 g/mol. The van der Waals surface area contributed by atoms with E-state index in [9.17, 15) is 0 Å². The molecule has 0 aliphatic carbocycles. The van der Waals surface area contributed by atoms with Crippen LogP contribution in [0.3, 0.4) is 0 Å². The number of benzene rings is 1. The molecule has 1 N–H and O–H groups in total. The van der Waals surface area contributed by atoms with E-state index in [0.29, 0.717) is 0 Å². The van der Waals surface area contributed by atoms with Crippen LogP contribution in [0, 0.1) is 13.8 Å². The number of fused-ring (bicyclic) bond motifs is 1. The molecule has 2 aliphatic rings. The van der Waals surface area contributed by atoms with Crippen molar-refractivity contribution in [1.82, 2.24) is 9.88 Å². The number of piperazine rings is 1. The van der Waals surface area contributed by atoms with Crippen molar-refractivity contribution in [1.29, 1.82) is 0 Å². The molecule has 2 aromatic rings. The first-order valence-electron chi connectivity index (χ1n) is 10.2. The number of aromatic nitrogens is 1. The lowest BCUT2D eigenvalue weighted by Gasteiger charge is -2.37. The van der Waals surface area contributed by atoms with Gasteiger partial charge in [0.2, 0.25) is 0 Å². The summed E-state index contributed by atoms with van der Waals surface area (Å²) >= 11 is 0. The fourth-order valence-electron chi connectivity index (χ4n) is 4.17. The van der Waals surface area contributed by atoms with Gasteiger partial charge in [0.15, 0.2) is 5.82 Å². The molecule has 0 spiro atoms. The Morgan fingerprint density at radius 2 is 1.70 bits per heavy atom. The highest BCUT2D eigenvalue weighted by atomic mass is 15.3. The molecule has 0 radical (unpaired) electrons. The number of hydrogen-bond donors (Lipinski definition) is 1. The third-order valence-corrected chi connectivity index (χ3v) is 6.01. The van der Waals surface area contributed by atoms with Crippen molar-refractivity contribution in [2.24, 2.45) is 0 Å². The summed E-state index contributed by atoms with van der Waals surface area (Å²) < 4.78 is 0. The zero-order chi connectivity index (χ0) is 18.6. The van der Waals surface area contributed by atoms with Gasteiger partial charge in [-0.15, -0.1) is 0 Å². The molecule has 0 bridgehead atoms. The number of nitrogens with zero attached hydrogens (tertiary/aromatic N) is 4. The van der Waals surface area contributed by atoms with Crippen molar-refractivity contribution in [3.05, 3.63) is 47.7 Å². The molecule has 0 saturated carbocycles. The maximum absolute atomic E-state index is 4.39. The van der Waals surface area contributed by atoms with Gasteiger partial charge < -0.3 is 15.1 Å². The van der Waals surface area contributed by atoms with Crippen molar-refractivity contribution in [3.63, 3.8) is 0 Å². The van der Waals surface area contributed by atoms with Crippen LogP contribution >= 0.6 is 0 Å². The molecule has 5 nitrogen and oxygen atoms in total. The fourth-order valence-corrected chi connectivity index (χ4v) is 4.17. The minimum Gasteiger partial charge on any atom is -0.369 e. The van der Waals surface area contributed by atoms with Crippen LogP contribution < -0.4 is 15.1 Å². The van der Waals surface area contributed by atoms with E-state index in [0.717, 1.165) is 32.1 Å². The van der Waals surface area contributed by atoms with Crippen LogP contribution in [0.1, 0.15) is 24.0 Å². The van der Waals surface area contributed by atoms with Crippen LogP contribution in [0.5, 0.6) is 0 Å². The lowest BCUT2D eigenvalue weighted by Crippen LogP contribution is -2.47. The second-order valence-corrected chi connectivity index (χ2v) is 7.72. The minimum absolute atomic E-state index is 0.890. The van der Waals surface area contributed by atoms with Gasteiger partial charge in [-0.2, -0.15) is 0 Å². The predicted molar refractivity (Wildman–Crippen MR) is 114 cm³/mol. The Morgan fingerprint density at radius 1 is 0.926 bits per heavy atom.